The smallest absolute Gasteiger partial charge is 0.125 e. The molecule has 98 valence electrons. The van der Waals surface area contributed by atoms with Crippen LogP contribution in [0.2, 0.25) is 0 Å². The standard InChI is InChI=1S/C14H19NO2S/c1-16-10-2-3-13-11(8-10)12(15)9-14(17-13)4-6-18-7-5-14/h2-3,8,12H,4-7,9,15H2,1H3/t12-/m1/s1. The molecule has 0 aliphatic carbocycles. The Labute approximate surface area is 112 Å². The minimum atomic E-state index is -0.0216. The first-order chi connectivity index (χ1) is 8.72. The fraction of sp³-hybridized carbons (Fsp3) is 0.571. The maximum Gasteiger partial charge on any atom is 0.125 e. The maximum absolute atomic E-state index is 6.33. The van der Waals surface area contributed by atoms with Crippen molar-refractivity contribution in [1.82, 2.24) is 0 Å². The SMILES string of the molecule is COc1ccc2c(c1)[C@H](N)CC1(CCSCC1)O2. The summed E-state index contributed by atoms with van der Waals surface area (Å²) in [6, 6.07) is 6.01. The van der Waals surface area contributed by atoms with Crippen LogP contribution in [-0.2, 0) is 0 Å². The molecule has 18 heavy (non-hydrogen) atoms. The number of nitrogens with two attached hydrogens (primary N) is 1. The van der Waals surface area contributed by atoms with Crippen molar-refractivity contribution in [2.75, 3.05) is 18.6 Å². The Morgan fingerprint density at radius 3 is 2.89 bits per heavy atom. The van der Waals surface area contributed by atoms with Crippen molar-refractivity contribution in [3.63, 3.8) is 0 Å². The van der Waals surface area contributed by atoms with Crippen molar-refractivity contribution < 1.29 is 9.47 Å². The maximum atomic E-state index is 6.33. The van der Waals surface area contributed by atoms with Crippen molar-refractivity contribution >= 4 is 11.8 Å². The van der Waals surface area contributed by atoms with Crippen LogP contribution in [0.5, 0.6) is 11.5 Å². The van der Waals surface area contributed by atoms with Gasteiger partial charge >= 0.3 is 0 Å². The first-order valence-corrected chi connectivity index (χ1v) is 7.58. The van der Waals surface area contributed by atoms with Crippen molar-refractivity contribution in [2.45, 2.75) is 30.9 Å². The Morgan fingerprint density at radius 1 is 1.39 bits per heavy atom. The molecule has 1 atom stereocenters. The Kier molecular flexibility index (Phi) is 3.16. The van der Waals surface area contributed by atoms with Gasteiger partial charge in [-0.25, -0.2) is 0 Å². The van der Waals surface area contributed by atoms with E-state index in [0.29, 0.717) is 0 Å². The molecule has 1 aromatic rings. The molecule has 1 aromatic carbocycles. The summed E-state index contributed by atoms with van der Waals surface area (Å²) in [7, 11) is 1.68. The molecule has 1 saturated heterocycles. The van der Waals surface area contributed by atoms with Crippen LogP contribution in [0.15, 0.2) is 18.2 Å². The largest absolute Gasteiger partial charge is 0.497 e. The molecule has 0 saturated carbocycles. The number of ether oxygens (including phenoxy) is 2. The van der Waals surface area contributed by atoms with E-state index in [1.54, 1.807) is 7.11 Å². The summed E-state index contributed by atoms with van der Waals surface area (Å²) in [6.07, 6.45) is 3.14. The third-order valence-corrected chi connectivity index (χ3v) is 4.92. The van der Waals surface area contributed by atoms with Gasteiger partial charge in [0.2, 0.25) is 0 Å². The molecule has 3 rings (SSSR count). The van der Waals surface area contributed by atoms with E-state index >= 15 is 0 Å². The van der Waals surface area contributed by atoms with E-state index in [9.17, 15) is 0 Å². The Hall–Kier alpha value is -0.870. The molecule has 3 nitrogen and oxygen atoms in total. The second kappa shape index (κ2) is 4.67. The average molecular weight is 265 g/mol. The van der Waals surface area contributed by atoms with Gasteiger partial charge in [0.15, 0.2) is 0 Å². The zero-order valence-electron chi connectivity index (χ0n) is 10.6. The second-order valence-corrected chi connectivity index (χ2v) is 6.34. The highest BCUT2D eigenvalue weighted by molar-refractivity contribution is 7.99. The van der Waals surface area contributed by atoms with Gasteiger partial charge in [-0.2, -0.15) is 11.8 Å². The first kappa shape index (κ1) is 12.2. The van der Waals surface area contributed by atoms with Crippen LogP contribution < -0.4 is 15.2 Å². The summed E-state index contributed by atoms with van der Waals surface area (Å²) in [4.78, 5) is 0. The van der Waals surface area contributed by atoms with Crippen molar-refractivity contribution in [2.24, 2.45) is 5.73 Å². The van der Waals surface area contributed by atoms with E-state index in [0.717, 1.165) is 36.3 Å². The van der Waals surface area contributed by atoms with Crippen molar-refractivity contribution in [1.29, 1.82) is 0 Å². The predicted octanol–water partition coefficient (Wildman–Crippen LogP) is 2.74. The van der Waals surface area contributed by atoms with E-state index in [4.69, 9.17) is 15.2 Å². The number of benzene rings is 1. The summed E-state index contributed by atoms with van der Waals surface area (Å²) in [6.45, 7) is 0. The van der Waals surface area contributed by atoms with Gasteiger partial charge in [-0.05, 0) is 42.5 Å². The molecule has 4 heteroatoms. The van der Waals surface area contributed by atoms with Crippen LogP contribution in [0.3, 0.4) is 0 Å². The van der Waals surface area contributed by atoms with E-state index in [1.165, 1.54) is 11.5 Å². The molecule has 0 unspecified atom stereocenters. The van der Waals surface area contributed by atoms with Crippen LogP contribution in [-0.4, -0.2) is 24.2 Å². The molecule has 2 aliphatic heterocycles. The van der Waals surface area contributed by atoms with Crippen LogP contribution in [0.25, 0.3) is 0 Å². The lowest BCUT2D eigenvalue weighted by Crippen LogP contribution is -2.45. The Morgan fingerprint density at radius 2 is 2.17 bits per heavy atom. The molecular formula is C14H19NO2S. The lowest BCUT2D eigenvalue weighted by molar-refractivity contribution is 0.0278. The number of thioether (sulfide) groups is 1. The van der Waals surface area contributed by atoms with Gasteiger partial charge in [0.1, 0.15) is 17.1 Å². The van der Waals surface area contributed by atoms with Gasteiger partial charge in [0.05, 0.1) is 7.11 Å². The Balaban J connectivity index is 1.92. The zero-order valence-corrected chi connectivity index (χ0v) is 11.5. The number of rotatable bonds is 1. The topological polar surface area (TPSA) is 44.5 Å². The first-order valence-electron chi connectivity index (χ1n) is 6.43. The lowest BCUT2D eigenvalue weighted by atomic mass is 9.83. The number of methoxy groups -OCH3 is 1. The van der Waals surface area contributed by atoms with Crippen LogP contribution >= 0.6 is 11.8 Å². The summed E-state index contributed by atoms with van der Waals surface area (Å²) in [5.41, 5.74) is 7.39. The fourth-order valence-corrected chi connectivity index (χ4v) is 4.11. The quantitative estimate of drug-likeness (QED) is 0.848. The molecule has 1 fully saturated rings. The monoisotopic (exact) mass is 265 g/mol. The molecule has 0 amide bonds. The minimum absolute atomic E-state index is 0.0216. The molecule has 2 N–H and O–H groups in total. The summed E-state index contributed by atoms with van der Waals surface area (Å²) in [5, 5.41) is 0. The van der Waals surface area contributed by atoms with Gasteiger partial charge in [-0.3, -0.25) is 0 Å². The van der Waals surface area contributed by atoms with E-state index in [2.05, 4.69) is 0 Å². The molecule has 0 bridgehead atoms. The summed E-state index contributed by atoms with van der Waals surface area (Å²) in [5.74, 6) is 4.15. The normalized spacial score (nSPS) is 25.3. The molecular weight excluding hydrogens is 246 g/mol. The van der Waals surface area contributed by atoms with E-state index in [1.807, 2.05) is 30.0 Å². The highest BCUT2D eigenvalue weighted by Gasteiger charge is 2.40. The third kappa shape index (κ3) is 2.08. The van der Waals surface area contributed by atoms with E-state index < -0.39 is 0 Å². The molecule has 0 aromatic heterocycles. The minimum Gasteiger partial charge on any atom is -0.497 e. The van der Waals surface area contributed by atoms with Gasteiger partial charge in [0, 0.05) is 18.0 Å². The summed E-state index contributed by atoms with van der Waals surface area (Å²) >= 11 is 2.01. The number of fused-ring (bicyclic) bond motifs is 1. The van der Waals surface area contributed by atoms with Crippen LogP contribution in [0.1, 0.15) is 30.9 Å². The lowest BCUT2D eigenvalue weighted by Gasteiger charge is -2.43. The third-order valence-electron chi connectivity index (χ3n) is 3.94. The van der Waals surface area contributed by atoms with Gasteiger partial charge in [-0.1, -0.05) is 0 Å². The van der Waals surface area contributed by atoms with E-state index in [-0.39, 0.29) is 11.6 Å². The average Bonchev–Trinajstić information content (AvgIpc) is 2.39. The highest BCUT2D eigenvalue weighted by atomic mass is 32.2. The summed E-state index contributed by atoms with van der Waals surface area (Å²) < 4.78 is 11.5. The Bertz CT molecular complexity index is 443. The van der Waals surface area contributed by atoms with Gasteiger partial charge < -0.3 is 15.2 Å². The van der Waals surface area contributed by atoms with Crippen LogP contribution in [0, 0.1) is 0 Å². The van der Waals surface area contributed by atoms with Gasteiger partial charge in [-0.15, -0.1) is 0 Å². The fourth-order valence-electron chi connectivity index (χ4n) is 2.87. The predicted molar refractivity (Wildman–Crippen MR) is 74.5 cm³/mol. The van der Waals surface area contributed by atoms with Crippen molar-refractivity contribution in [3.8, 4) is 11.5 Å². The zero-order chi connectivity index (χ0) is 12.6. The number of hydrogen-bond acceptors (Lipinski definition) is 4. The number of hydrogen-bond donors (Lipinski definition) is 1. The van der Waals surface area contributed by atoms with Crippen molar-refractivity contribution in [3.05, 3.63) is 23.8 Å². The molecule has 2 heterocycles. The van der Waals surface area contributed by atoms with Crippen LogP contribution in [0.4, 0.5) is 0 Å². The molecule has 0 radical (unpaired) electrons. The highest BCUT2D eigenvalue weighted by Crippen LogP contribution is 2.45. The van der Waals surface area contributed by atoms with Gasteiger partial charge in [0.25, 0.3) is 0 Å². The molecule has 2 aliphatic rings. The second-order valence-electron chi connectivity index (χ2n) is 5.11. The molecule has 1 spiro atoms.